The van der Waals surface area contributed by atoms with Gasteiger partial charge in [-0.2, -0.15) is 15.0 Å². The number of likely N-dealkylation sites (tertiary alicyclic amines) is 1. The third-order valence-electron chi connectivity index (χ3n) is 5.39. The van der Waals surface area contributed by atoms with E-state index in [1.807, 2.05) is 29.2 Å². The number of amides is 1. The van der Waals surface area contributed by atoms with E-state index in [2.05, 4.69) is 22.1 Å². The van der Waals surface area contributed by atoms with Crippen molar-refractivity contribution in [2.75, 3.05) is 6.54 Å². The fraction of sp³-hybridized carbons (Fsp3) is 0.429. The molecule has 4 rings (SSSR count). The van der Waals surface area contributed by atoms with Crippen LogP contribution in [0.1, 0.15) is 59.8 Å². The summed E-state index contributed by atoms with van der Waals surface area (Å²) >= 11 is 1.54. The van der Waals surface area contributed by atoms with Gasteiger partial charge in [0.1, 0.15) is 0 Å². The van der Waals surface area contributed by atoms with E-state index in [4.69, 9.17) is 0 Å². The lowest BCUT2D eigenvalue weighted by atomic mass is 9.93. The van der Waals surface area contributed by atoms with Crippen LogP contribution in [-0.2, 0) is 5.60 Å². The Morgan fingerprint density at radius 1 is 1.21 bits per heavy atom. The standard InChI is InChI=1S/C21H25N5O2S/c1-14-8-9-15(19-22-12-18(29-19)21(2,3)28)13-25(14)20(27)16-6-4-5-7-17(16)26-23-10-11-24-26/h4-7,10-12,14-15,28H,8-9,13H2,1-3H3/t14-,15?/m1/s1. The summed E-state index contributed by atoms with van der Waals surface area (Å²) in [6.45, 7) is 6.24. The molecule has 1 fully saturated rings. The maximum Gasteiger partial charge on any atom is 0.256 e. The van der Waals surface area contributed by atoms with Gasteiger partial charge in [0.2, 0.25) is 0 Å². The highest BCUT2D eigenvalue weighted by molar-refractivity contribution is 7.11. The summed E-state index contributed by atoms with van der Waals surface area (Å²) in [5.74, 6) is 0.153. The van der Waals surface area contributed by atoms with Crippen molar-refractivity contribution in [3.63, 3.8) is 0 Å². The molecule has 8 heteroatoms. The van der Waals surface area contributed by atoms with Crippen LogP contribution >= 0.6 is 11.3 Å². The molecule has 7 nitrogen and oxygen atoms in total. The van der Waals surface area contributed by atoms with E-state index < -0.39 is 5.60 Å². The molecule has 0 bridgehead atoms. The molecule has 0 spiro atoms. The lowest BCUT2D eigenvalue weighted by Gasteiger charge is -2.37. The zero-order valence-electron chi connectivity index (χ0n) is 16.8. The molecule has 1 aliphatic heterocycles. The van der Waals surface area contributed by atoms with Crippen LogP contribution in [-0.4, -0.2) is 48.5 Å². The normalized spacial score (nSPS) is 20.1. The Morgan fingerprint density at radius 2 is 1.93 bits per heavy atom. The first-order valence-corrected chi connectivity index (χ1v) is 10.6. The van der Waals surface area contributed by atoms with Gasteiger partial charge in [0, 0.05) is 24.7 Å². The number of carbonyl (C=O) groups excluding carboxylic acids is 1. The van der Waals surface area contributed by atoms with E-state index in [1.165, 1.54) is 16.1 Å². The highest BCUT2D eigenvalue weighted by atomic mass is 32.1. The number of aromatic nitrogens is 4. The van der Waals surface area contributed by atoms with Gasteiger partial charge < -0.3 is 10.0 Å². The van der Waals surface area contributed by atoms with Gasteiger partial charge in [-0.15, -0.1) is 11.3 Å². The maximum atomic E-state index is 13.5. The lowest BCUT2D eigenvalue weighted by molar-refractivity contribution is 0.0609. The highest BCUT2D eigenvalue weighted by Gasteiger charge is 2.33. The van der Waals surface area contributed by atoms with E-state index >= 15 is 0 Å². The number of thiazole rings is 1. The molecular formula is C21H25N5O2S. The van der Waals surface area contributed by atoms with E-state index in [-0.39, 0.29) is 17.9 Å². The predicted molar refractivity (Wildman–Crippen MR) is 111 cm³/mol. The van der Waals surface area contributed by atoms with Crippen LogP contribution in [0.5, 0.6) is 0 Å². The summed E-state index contributed by atoms with van der Waals surface area (Å²) in [5.41, 5.74) is 0.367. The summed E-state index contributed by atoms with van der Waals surface area (Å²) in [5, 5.41) is 19.6. The minimum atomic E-state index is -0.900. The minimum Gasteiger partial charge on any atom is -0.385 e. The predicted octanol–water partition coefficient (Wildman–Crippen LogP) is 3.36. The Bertz CT molecular complexity index is 993. The molecule has 0 aliphatic carbocycles. The van der Waals surface area contributed by atoms with Crippen LogP contribution < -0.4 is 0 Å². The number of nitrogens with zero attached hydrogens (tertiary/aromatic N) is 5. The molecule has 29 heavy (non-hydrogen) atoms. The fourth-order valence-corrected chi connectivity index (χ4v) is 4.72. The van der Waals surface area contributed by atoms with Crippen LogP contribution in [0.25, 0.3) is 5.69 Å². The quantitative estimate of drug-likeness (QED) is 0.712. The summed E-state index contributed by atoms with van der Waals surface area (Å²) in [4.78, 5) is 22.3. The van der Waals surface area contributed by atoms with E-state index in [1.54, 1.807) is 32.4 Å². The Kier molecular flexibility index (Phi) is 5.23. The van der Waals surface area contributed by atoms with Crippen molar-refractivity contribution in [3.05, 3.63) is 58.3 Å². The Hall–Kier alpha value is -2.58. The van der Waals surface area contributed by atoms with E-state index in [0.29, 0.717) is 17.8 Å². The average Bonchev–Trinajstić information content (AvgIpc) is 3.40. The van der Waals surface area contributed by atoms with Crippen molar-refractivity contribution >= 4 is 17.2 Å². The average molecular weight is 412 g/mol. The number of hydrogen-bond donors (Lipinski definition) is 1. The molecule has 1 unspecified atom stereocenters. The van der Waals surface area contributed by atoms with Crippen molar-refractivity contribution in [2.24, 2.45) is 0 Å². The van der Waals surface area contributed by atoms with Gasteiger partial charge in [0.25, 0.3) is 5.91 Å². The molecule has 152 valence electrons. The number of hydrogen-bond acceptors (Lipinski definition) is 6. The summed E-state index contributed by atoms with van der Waals surface area (Å²) in [6.07, 6.45) is 6.85. The topological polar surface area (TPSA) is 84.1 Å². The molecule has 1 N–H and O–H groups in total. The fourth-order valence-electron chi connectivity index (χ4n) is 3.67. The summed E-state index contributed by atoms with van der Waals surface area (Å²) in [6, 6.07) is 7.57. The van der Waals surface area contributed by atoms with Crippen molar-refractivity contribution in [2.45, 2.75) is 51.2 Å². The SMILES string of the molecule is C[C@@H]1CCC(c2ncc(C(C)(C)O)s2)CN1C(=O)c1ccccc1-n1nccn1. The largest absolute Gasteiger partial charge is 0.385 e. The second kappa shape index (κ2) is 7.68. The zero-order chi connectivity index (χ0) is 20.6. The molecule has 1 aromatic carbocycles. The van der Waals surface area contributed by atoms with Gasteiger partial charge in [-0.25, -0.2) is 4.98 Å². The first-order valence-electron chi connectivity index (χ1n) is 9.80. The van der Waals surface area contributed by atoms with Crippen molar-refractivity contribution < 1.29 is 9.90 Å². The second-order valence-electron chi connectivity index (χ2n) is 8.04. The van der Waals surface area contributed by atoms with E-state index in [0.717, 1.165) is 22.7 Å². The Balaban J connectivity index is 1.60. The van der Waals surface area contributed by atoms with Gasteiger partial charge in [-0.3, -0.25) is 4.79 Å². The lowest BCUT2D eigenvalue weighted by Crippen LogP contribution is -2.45. The third-order valence-corrected chi connectivity index (χ3v) is 6.86. The molecule has 2 atom stereocenters. The third kappa shape index (κ3) is 3.95. The van der Waals surface area contributed by atoms with Crippen LogP contribution in [0.15, 0.2) is 42.9 Å². The number of para-hydroxylation sites is 1. The molecule has 0 radical (unpaired) electrons. The Morgan fingerprint density at radius 3 is 2.62 bits per heavy atom. The summed E-state index contributed by atoms with van der Waals surface area (Å²) < 4.78 is 0. The Labute approximate surface area is 174 Å². The number of piperidine rings is 1. The molecule has 3 heterocycles. The second-order valence-corrected chi connectivity index (χ2v) is 9.10. The molecule has 0 saturated carbocycles. The van der Waals surface area contributed by atoms with Crippen LogP contribution in [0.2, 0.25) is 0 Å². The summed E-state index contributed by atoms with van der Waals surface area (Å²) in [7, 11) is 0. The van der Waals surface area contributed by atoms with Gasteiger partial charge in [-0.05, 0) is 45.7 Å². The van der Waals surface area contributed by atoms with E-state index in [9.17, 15) is 9.90 Å². The van der Waals surface area contributed by atoms with Gasteiger partial charge in [0.05, 0.1) is 39.1 Å². The smallest absolute Gasteiger partial charge is 0.256 e. The molecule has 1 aliphatic rings. The minimum absolute atomic E-state index is 0.0191. The van der Waals surface area contributed by atoms with Gasteiger partial charge in [0.15, 0.2) is 0 Å². The number of rotatable bonds is 4. The van der Waals surface area contributed by atoms with Crippen LogP contribution in [0, 0.1) is 0 Å². The van der Waals surface area contributed by atoms with Crippen LogP contribution in [0.4, 0.5) is 0 Å². The van der Waals surface area contributed by atoms with Crippen molar-refractivity contribution in [3.8, 4) is 5.69 Å². The van der Waals surface area contributed by atoms with Crippen molar-refractivity contribution in [1.29, 1.82) is 0 Å². The first-order chi connectivity index (χ1) is 13.8. The molecular weight excluding hydrogens is 386 g/mol. The zero-order valence-corrected chi connectivity index (χ0v) is 17.6. The van der Waals surface area contributed by atoms with Gasteiger partial charge in [-0.1, -0.05) is 12.1 Å². The molecule has 3 aromatic rings. The highest BCUT2D eigenvalue weighted by Crippen LogP contribution is 2.36. The van der Waals surface area contributed by atoms with Crippen molar-refractivity contribution in [1.82, 2.24) is 24.9 Å². The first kappa shape index (κ1) is 19.7. The van der Waals surface area contributed by atoms with Crippen LogP contribution in [0.3, 0.4) is 0 Å². The maximum absolute atomic E-state index is 13.5. The molecule has 2 aromatic heterocycles. The molecule has 1 amide bonds. The van der Waals surface area contributed by atoms with Gasteiger partial charge >= 0.3 is 0 Å². The number of benzene rings is 1. The molecule has 1 saturated heterocycles. The number of carbonyl (C=O) groups is 1. The number of aliphatic hydroxyl groups is 1. The monoisotopic (exact) mass is 411 g/mol.